The third-order valence-corrected chi connectivity index (χ3v) is 3.40. The van der Waals surface area contributed by atoms with Crippen LogP contribution in [-0.4, -0.2) is 17.9 Å². The maximum absolute atomic E-state index is 11.4. The van der Waals surface area contributed by atoms with Crippen LogP contribution in [-0.2, 0) is 14.3 Å². The van der Waals surface area contributed by atoms with Gasteiger partial charge >= 0.3 is 5.97 Å². The van der Waals surface area contributed by atoms with Gasteiger partial charge in [-0.1, -0.05) is 28.1 Å². The molecule has 0 saturated heterocycles. The number of ether oxygens (including phenoxy) is 1. The minimum Gasteiger partial charge on any atom is -0.454 e. The zero-order valence-electron chi connectivity index (χ0n) is 9.93. The number of rotatable bonds is 4. The van der Waals surface area contributed by atoms with Gasteiger partial charge in [0.1, 0.15) is 11.9 Å². The van der Waals surface area contributed by atoms with Crippen molar-refractivity contribution in [2.45, 2.75) is 25.4 Å². The van der Waals surface area contributed by atoms with Gasteiger partial charge in [-0.15, -0.1) is 0 Å². The van der Waals surface area contributed by atoms with Gasteiger partial charge < -0.3 is 9.53 Å². The van der Waals surface area contributed by atoms with Crippen molar-refractivity contribution in [1.82, 2.24) is 0 Å². The molecule has 1 heterocycles. The number of ketones is 1. The Bertz CT molecular complexity index is 490. The first-order chi connectivity index (χ1) is 8.56. The molecule has 0 aliphatic carbocycles. The third-order valence-electron chi connectivity index (χ3n) is 2.88. The van der Waals surface area contributed by atoms with Crippen LogP contribution in [0.1, 0.15) is 24.8 Å². The largest absolute Gasteiger partial charge is 0.454 e. The van der Waals surface area contributed by atoms with E-state index in [1.54, 1.807) is 13.0 Å². The highest BCUT2D eigenvalue weighted by Gasteiger charge is 2.28. The molecule has 1 aromatic rings. The highest BCUT2D eigenvalue weighted by Crippen LogP contribution is 2.30. The Labute approximate surface area is 114 Å². The Morgan fingerprint density at radius 1 is 1.39 bits per heavy atom. The Kier molecular flexibility index (Phi) is 3.97. The number of cyclic esters (lactones) is 1. The van der Waals surface area contributed by atoms with Crippen LogP contribution in [0.5, 0.6) is 0 Å². The van der Waals surface area contributed by atoms with Crippen LogP contribution in [0.2, 0.25) is 0 Å². The highest BCUT2D eigenvalue weighted by atomic mass is 79.9. The van der Waals surface area contributed by atoms with Crippen LogP contribution in [0, 0.1) is 0 Å². The van der Waals surface area contributed by atoms with Gasteiger partial charge in [-0.05, 0) is 30.7 Å². The summed E-state index contributed by atoms with van der Waals surface area (Å²) in [5.74, 6) is -0.372. The Balaban J connectivity index is 2.24. The summed E-state index contributed by atoms with van der Waals surface area (Å²) in [7, 11) is 0. The molecular formula is C14H13BrO3. The molecule has 1 aliphatic heterocycles. The molecule has 94 valence electrons. The van der Waals surface area contributed by atoms with Crippen molar-refractivity contribution in [1.29, 1.82) is 0 Å². The predicted molar refractivity (Wildman–Crippen MR) is 71.2 cm³/mol. The van der Waals surface area contributed by atoms with Crippen LogP contribution >= 0.6 is 15.9 Å². The fraction of sp³-hybridized carbons (Fsp3) is 0.286. The van der Waals surface area contributed by atoms with Crippen molar-refractivity contribution < 1.29 is 14.3 Å². The van der Waals surface area contributed by atoms with Crippen molar-refractivity contribution >= 4 is 27.7 Å². The number of hydrogen-bond acceptors (Lipinski definition) is 3. The van der Waals surface area contributed by atoms with Crippen molar-refractivity contribution in [3.05, 3.63) is 46.5 Å². The van der Waals surface area contributed by atoms with E-state index in [4.69, 9.17) is 4.74 Å². The van der Waals surface area contributed by atoms with Crippen LogP contribution in [0.4, 0.5) is 0 Å². The van der Waals surface area contributed by atoms with E-state index >= 15 is 0 Å². The first kappa shape index (κ1) is 13.0. The van der Waals surface area contributed by atoms with Crippen LogP contribution < -0.4 is 0 Å². The number of esters is 1. The zero-order chi connectivity index (χ0) is 13.1. The SMILES string of the molecule is CC(=O)C[C@@H](c1ccc(Br)cc1)[C@@H]1C=CC(=O)O1. The Morgan fingerprint density at radius 3 is 2.56 bits per heavy atom. The molecule has 0 saturated carbocycles. The standard InChI is InChI=1S/C14H13BrO3/c1-9(16)8-12(13-6-7-14(17)18-13)10-2-4-11(15)5-3-10/h2-7,12-13H,8H2,1H3/t12-,13-/m0/s1. The number of carbonyl (C=O) groups is 2. The molecule has 1 aliphatic rings. The quantitative estimate of drug-likeness (QED) is 0.803. The number of Topliss-reactive ketones (excluding diaryl/α,β-unsaturated/α-hetero) is 1. The first-order valence-corrected chi connectivity index (χ1v) is 6.49. The average molecular weight is 309 g/mol. The van der Waals surface area contributed by atoms with E-state index in [2.05, 4.69) is 15.9 Å². The predicted octanol–water partition coefficient (Wildman–Crippen LogP) is 2.99. The van der Waals surface area contributed by atoms with Gasteiger partial charge in [0, 0.05) is 22.9 Å². The minimum absolute atomic E-state index is 0.0827. The smallest absolute Gasteiger partial charge is 0.331 e. The first-order valence-electron chi connectivity index (χ1n) is 5.70. The summed E-state index contributed by atoms with van der Waals surface area (Å²) in [5, 5.41) is 0. The lowest BCUT2D eigenvalue weighted by Gasteiger charge is -2.21. The summed E-state index contributed by atoms with van der Waals surface area (Å²) in [6, 6.07) is 7.72. The number of halogens is 1. The van der Waals surface area contributed by atoms with Gasteiger partial charge in [0.25, 0.3) is 0 Å². The van der Waals surface area contributed by atoms with Gasteiger partial charge in [-0.25, -0.2) is 4.79 Å². The molecule has 0 unspecified atom stereocenters. The lowest BCUT2D eigenvalue weighted by molar-refractivity contribution is -0.140. The lowest BCUT2D eigenvalue weighted by Crippen LogP contribution is -2.20. The summed E-state index contributed by atoms with van der Waals surface area (Å²) < 4.78 is 6.17. The van der Waals surface area contributed by atoms with E-state index in [9.17, 15) is 9.59 Å². The molecule has 0 fully saturated rings. The molecular weight excluding hydrogens is 296 g/mol. The lowest BCUT2D eigenvalue weighted by atomic mass is 9.89. The summed E-state index contributed by atoms with van der Waals surface area (Å²) in [6.45, 7) is 1.55. The Morgan fingerprint density at radius 2 is 2.06 bits per heavy atom. The summed E-state index contributed by atoms with van der Waals surface area (Å²) in [5.41, 5.74) is 0.998. The van der Waals surface area contributed by atoms with Gasteiger partial charge in [-0.2, -0.15) is 0 Å². The monoisotopic (exact) mass is 308 g/mol. The van der Waals surface area contributed by atoms with Crippen molar-refractivity contribution in [3.8, 4) is 0 Å². The average Bonchev–Trinajstić information content (AvgIpc) is 2.74. The molecule has 0 bridgehead atoms. The van der Waals surface area contributed by atoms with E-state index in [-0.39, 0.29) is 23.8 Å². The molecule has 18 heavy (non-hydrogen) atoms. The minimum atomic E-state index is -0.345. The molecule has 0 radical (unpaired) electrons. The molecule has 3 nitrogen and oxygen atoms in total. The van der Waals surface area contributed by atoms with E-state index in [1.165, 1.54) is 6.08 Å². The highest BCUT2D eigenvalue weighted by molar-refractivity contribution is 9.10. The second-order valence-corrected chi connectivity index (χ2v) is 5.24. The fourth-order valence-electron chi connectivity index (χ4n) is 2.05. The second-order valence-electron chi connectivity index (χ2n) is 4.32. The second kappa shape index (κ2) is 5.48. The summed E-state index contributed by atoms with van der Waals surface area (Å²) in [4.78, 5) is 22.5. The van der Waals surface area contributed by atoms with Crippen molar-refractivity contribution in [2.75, 3.05) is 0 Å². The van der Waals surface area contributed by atoms with E-state index in [0.717, 1.165) is 10.0 Å². The summed E-state index contributed by atoms with van der Waals surface area (Å²) >= 11 is 3.37. The van der Waals surface area contributed by atoms with Crippen LogP contribution in [0.3, 0.4) is 0 Å². The molecule has 2 rings (SSSR count). The van der Waals surface area contributed by atoms with E-state index in [0.29, 0.717) is 6.42 Å². The molecule has 0 N–H and O–H groups in total. The molecule has 2 atom stereocenters. The Hall–Kier alpha value is -1.42. The maximum atomic E-state index is 11.4. The van der Waals surface area contributed by atoms with Gasteiger partial charge in [0.2, 0.25) is 0 Å². The normalized spacial score (nSPS) is 19.7. The number of benzene rings is 1. The van der Waals surface area contributed by atoms with Crippen molar-refractivity contribution in [3.63, 3.8) is 0 Å². The van der Waals surface area contributed by atoms with Crippen molar-refractivity contribution in [2.24, 2.45) is 0 Å². The van der Waals surface area contributed by atoms with E-state index in [1.807, 2.05) is 24.3 Å². The van der Waals surface area contributed by atoms with Gasteiger partial charge in [0.05, 0.1) is 0 Å². The van der Waals surface area contributed by atoms with Gasteiger partial charge in [0.15, 0.2) is 0 Å². The molecule has 0 spiro atoms. The molecule has 4 heteroatoms. The number of carbonyl (C=O) groups excluding carboxylic acids is 2. The van der Waals surface area contributed by atoms with Crippen LogP contribution in [0.25, 0.3) is 0 Å². The van der Waals surface area contributed by atoms with E-state index < -0.39 is 0 Å². The fourth-order valence-corrected chi connectivity index (χ4v) is 2.31. The molecule has 1 aromatic carbocycles. The third kappa shape index (κ3) is 3.07. The molecule has 0 aromatic heterocycles. The maximum Gasteiger partial charge on any atom is 0.331 e. The summed E-state index contributed by atoms with van der Waals surface area (Å²) in [6.07, 6.45) is 3.15. The zero-order valence-corrected chi connectivity index (χ0v) is 11.5. The van der Waals surface area contributed by atoms with Crippen LogP contribution in [0.15, 0.2) is 40.9 Å². The topological polar surface area (TPSA) is 43.4 Å². The number of hydrogen-bond donors (Lipinski definition) is 0. The molecule has 0 amide bonds. The van der Waals surface area contributed by atoms with Gasteiger partial charge in [-0.3, -0.25) is 0 Å².